The van der Waals surface area contributed by atoms with Crippen molar-refractivity contribution in [3.05, 3.63) is 27.2 Å². The SMILES string of the molecule is CCCCCCNc1cc(Cl)c(C)cc1Br. The summed E-state index contributed by atoms with van der Waals surface area (Å²) in [4.78, 5) is 0. The molecule has 0 spiro atoms. The molecule has 0 amide bonds. The Balaban J connectivity index is 2.45. The average Bonchev–Trinajstić information content (AvgIpc) is 2.25. The second-order valence-electron chi connectivity index (χ2n) is 4.07. The summed E-state index contributed by atoms with van der Waals surface area (Å²) in [5, 5.41) is 4.23. The van der Waals surface area contributed by atoms with E-state index in [9.17, 15) is 0 Å². The highest BCUT2D eigenvalue weighted by Crippen LogP contribution is 2.29. The van der Waals surface area contributed by atoms with E-state index in [-0.39, 0.29) is 0 Å². The molecule has 90 valence electrons. The second kappa shape index (κ2) is 7.18. The lowest BCUT2D eigenvalue weighted by Gasteiger charge is -2.10. The van der Waals surface area contributed by atoms with E-state index < -0.39 is 0 Å². The number of hydrogen-bond acceptors (Lipinski definition) is 1. The maximum atomic E-state index is 6.09. The molecule has 1 aromatic carbocycles. The number of anilines is 1. The van der Waals surface area contributed by atoms with E-state index in [1.165, 1.54) is 25.7 Å². The van der Waals surface area contributed by atoms with Gasteiger partial charge >= 0.3 is 0 Å². The number of benzene rings is 1. The highest BCUT2D eigenvalue weighted by atomic mass is 79.9. The van der Waals surface area contributed by atoms with Crippen molar-refractivity contribution in [2.45, 2.75) is 39.5 Å². The fourth-order valence-electron chi connectivity index (χ4n) is 1.56. The minimum absolute atomic E-state index is 0.819. The topological polar surface area (TPSA) is 12.0 Å². The Kier molecular flexibility index (Phi) is 6.22. The molecular weight excluding hydrogens is 286 g/mol. The standard InChI is InChI=1S/C13H19BrClN/c1-3-4-5-6-7-16-13-9-12(15)10(2)8-11(13)14/h8-9,16H,3-7H2,1-2H3. The summed E-state index contributed by atoms with van der Waals surface area (Å²) in [6.07, 6.45) is 5.10. The summed E-state index contributed by atoms with van der Waals surface area (Å²) in [5.74, 6) is 0. The zero-order valence-corrected chi connectivity index (χ0v) is 12.3. The minimum atomic E-state index is 0.819. The number of hydrogen-bond donors (Lipinski definition) is 1. The van der Waals surface area contributed by atoms with Gasteiger partial charge in [0.15, 0.2) is 0 Å². The highest BCUT2D eigenvalue weighted by molar-refractivity contribution is 9.10. The van der Waals surface area contributed by atoms with Gasteiger partial charge in [-0.25, -0.2) is 0 Å². The highest BCUT2D eigenvalue weighted by Gasteiger charge is 2.03. The molecule has 1 aromatic rings. The quantitative estimate of drug-likeness (QED) is 0.694. The molecule has 0 saturated carbocycles. The molecule has 16 heavy (non-hydrogen) atoms. The van der Waals surface area contributed by atoms with Crippen molar-refractivity contribution in [2.75, 3.05) is 11.9 Å². The van der Waals surface area contributed by atoms with Crippen LogP contribution in [-0.2, 0) is 0 Å². The summed E-state index contributed by atoms with van der Waals surface area (Å²) >= 11 is 9.63. The van der Waals surface area contributed by atoms with Gasteiger partial charge in [0.25, 0.3) is 0 Å². The molecule has 0 fully saturated rings. The van der Waals surface area contributed by atoms with E-state index >= 15 is 0 Å². The third-order valence-electron chi connectivity index (χ3n) is 2.59. The summed E-state index contributed by atoms with van der Waals surface area (Å²) in [6, 6.07) is 4.04. The molecule has 1 nitrogen and oxygen atoms in total. The lowest BCUT2D eigenvalue weighted by Crippen LogP contribution is -2.02. The predicted octanol–water partition coefficient (Wildman–Crippen LogP) is 5.40. The molecule has 0 aromatic heterocycles. The van der Waals surface area contributed by atoms with Crippen molar-refractivity contribution in [3.8, 4) is 0 Å². The summed E-state index contributed by atoms with van der Waals surface area (Å²) < 4.78 is 1.09. The van der Waals surface area contributed by atoms with Crippen LogP contribution in [0.1, 0.15) is 38.2 Å². The van der Waals surface area contributed by atoms with Crippen LogP contribution in [0, 0.1) is 6.92 Å². The first-order valence-electron chi connectivity index (χ1n) is 5.84. The Morgan fingerprint density at radius 1 is 1.25 bits per heavy atom. The van der Waals surface area contributed by atoms with Crippen LogP contribution in [-0.4, -0.2) is 6.54 Å². The number of aryl methyl sites for hydroxylation is 1. The fraction of sp³-hybridized carbons (Fsp3) is 0.538. The molecule has 0 aliphatic rings. The van der Waals surface area contributed by atoms with E-state index in [2.05, 4.69) is 34.2 Å². The van der Waals surface area contributed by atoms with E-state index in [0.717, 1.165) is 27.3 Å². The molecule has 0 unspecified atom stereocenters. The number of halogens is 2. The molecule has 0 radical (unpaired) electrons. The zero-order chi connectivity index (χ0) is 12.0. The molecule has 1 rings (SSSR count). The van der Waals surface area contributed by atoms with Crippen molar-refractivity contribution in [2.24, 2.45) is 0 Å². The van der Waals surface area contributed by atoms with Crippen LogP contribution in [0.5, 0.6) is 0 Å². The number of nitrogens with one attached hydrogen (secondary N) is 1. The normalized spacial score (nSPS) is 10.5. The summed E-state index contributed by atoms with van der Waals surface area (Å²) in [7, 11) is 0. The van der Waals surface area contributed by atoms with E-state index in [4.69, 9.17) is 11.6 Å². The maximum Gasteiger partial charge on any atom is 0.0499 e. The lowest BCUT2D eigenvalue weighted by molar-refractivity contribution is 0.685. The van der Waals surface area contributed by atoms with Crippen molar-refractivity contribution in [3.63, 3.8) is 0 Å². The van der Waals surface area contributed by atoms with Gasteiger partial charge < -0.3 is 5.32 Å². The first-order chi connectivity index (χ1) is 7.65. The Morgan fingerprint density at radius 2 is 2.00 bits per heavy atom. The Morgan fingerprint density at radius 3 is 2.69 bits per heavy atom. The summed E-state index contributed by atoms with van der Waals surface area (Å²) in [6.45, 7) is 5.25. The smallest absolute Gasteiger partial charge is 0.0499 e. The van der Waals surface area contributed by atoms with Crippen LogP contribution in [0.15, 0.2) is 16.6 Å². The molecule has 0 aliphatic heterocycles. The lowest BCUT2D eigenvalue weighted by atomic mass is 10.2. The van der Waals surface area contributed by atoms with Gasteiger partial charge in [0.1, 0.15) is 0 Å². The van der Waals surface area contributed by atoms with Gasteiger partial charge in [-0.3, -0.25) is 0 Å². The van der Waals surface area contributed by atoms with Crippen LogP contribution >= 0.6 is 27.5 Å². The molecule has 0 aliphatic carbocycles. The van der Waals surface area contributed by atoms with Crippen LogP contribution in [0.3, 0.4) is 0 Å². The number of unbranched alkanes of at least 4 members (excludes halogenated alkanes) is 3. The zero-order valence-electron chi connectivity index (χ0n) is 9.95. The van der Waals surface area contributed by atoms with Crippen molar-refractivity contribution in [1.82, 2.24) is 0 Å². The first-order valence-corrected chi connectivity index (χ1v) is 7.01. The van der Waals surface area contributed by atoms with Gasteiger partial charge in [0, 0.05) is 21.7 Å². The average molecular weight is 305 g/mol. The van der Waals surface area contributed by atoms with Crippen LogP contribution in [0.25, 0.3) is 0 Å². The van der Waals surface area contributed by atoms with Gasteiger partial charge in [-0.05, 0) is 47.0 Å². The van der Waals surface area contributed by atoms with Gasteiger partial charge in [0.05, 0.1) is 0 Å². The Bertz CT molecular complexity index is 339. The monoisotopic (exact) mass is 303 g/mol. The molecule has 0 bridgehead atoms. The van der Waals surface area contributed by atoms with Crippen molar-refractivity contribution in [1.29, 1.82) is 0 Å². The van der Waals surface area contributed by atoms with Gasteiger partial charge in [-0.15, -0.1) is 0 Å². The largest absolute Gasteiger partial charge is 0.384 e. The summed E-state index contributed by atoms with van der Waals surface area (Å²) in [5.41, 5.74) is 2.19. The van der Waals surface area contributed by atoms with Gasteiger partial charge in [-0.1, -0.05) is 37.8 Å². The van der Waals surface area contributed by atoms with E-state index in [0.29, 0.717) is 0 Å². The first kappa shape index (κ1) is 13.9. The molecule has 0 heterocycles. The molecule has 1 N–H and O–H groups in total. The molecule has 0 saturated heterocycles. The molecular formula is C13H19BrClN. The van der Waals surface area contributed by atoms with Crippen molar-refractivity contribution < 1.29 is 0 Å². The van der Waals surface area contributed by atoms with Crippen LogP contribution < -0.4 is 5.32 Å². The van der Waals surface area contributed by atoms with Crippen LogP contribution in [0.2, 0.25) is 5.02 Å². The van der Waals surface area contributed by atoms with E-state index in [1.54, 1.807) is 0 Å². The van der Waals surface area contributed by atoms with Crippen molar-refractivity contribution >= 4 is 33.2 Å². The fourth-order valence-corrected chi connectivity index (χ4v) is 2.32. The third-order valence-corrected chi connectivity index (χ3v) is 3.66. The Hall–Kier alpha value is -0.210. The maximum absolute atomic E-state index is 6.09. The molecule has 0 atom stereocenters. The predicted molar refractivity (Wildman–Crippen MR) is 76.5 cm³/mol. The molecule has 3 heteroatoms. The second-order valence-corrected chi connectivity index (χ2v) is 5.33. The third kappa shape index (κ3) is 4.34. The number of rotatable bonds is 6. The van der Waals surface area contributed by atoms with E-state index in [1.807, 2.05) is 13.0 Å². The minimum Gasteiger partial charge on any atom is -0.384 e. The van der Waals surface area contributed by atoms with Gasteiger partial charge in [-0.2, -0.15) is 0 Å². The Labute approximate surface area is 112 Å². The van der Waals surface area contributed by atoms with Gasteiger partial charge in [0.2, 0.25) is 0 Å². The van der Waals surface area contributed by atoms with Crippen LogP contribution in [0.4, 0.5) is 5.69 Å².